The van der Waals surface area contributed by atoms with Gasteiger partial charge in [0.05, 0.1) is 18.7 Å². The number of benzene rings is 1. The Kier molecular flexibility index (Phi) is 4.71. The fourth-order valence-corrected chi connectivity index (χ4v) is 1.77. The van der Waals surface area contributed by atoms with Crippen molar-refractivity contribution in [3.8, 4) is 0 Å². The van der Waals surface area contributed by atoms with E-state index in [0.29, 0.717) is 24.0 Å². The van der Waals surface area contributed by atoms with Gasteiger partial charge in [0.15, 0.2) is 0 Å². The van der Waals surface area contributed by atoms with Crippen molar-refractivity contribution in [3.63, 3.8) is 0 Å². The van der Waals surface area contributed by atoms with E-state index >= 15 is 0 Å². The first-order chi connectivity index (χ1) is 9.69. The lowest BCUT2D eigenvalue weighted by Gasteiger charge is -1.98. The van der Waals surface area contributed by atoms with E-state index in [1.54, 1.807) is 19.9 Å². The van der Waals surface area contributed by atoms with Crippen molar-refractivity contribution >= 4 is 18.1 Å². The Bertz CT molecular complexity index is 599. The molecule has 0 bridgehead atoms. The molecule has 0 atom stereocenters. The fourth-order valence-electron chi connectivity index (χ4n) is 1.77. The van der Waals surface area contributed by atoms with Crippen molar-refractivity contribution in [2.75, 3.05) is 6.61 Å². The minimum atomic E-state index is -0.289. The number of esters is 1. The van der Waals surface area contributed by atoms with E-state index in [-0.39, 0.29) is 12.4 Å². The van der Waals surface area contributed by atoms with Crippen LogP contribution in [0.5, 0.6) is 0 Å². The summed E-state index contributed by atoms with van der Waals surface area (Å²) in [4.78, 5) is 15.7. The number of aryl methyl sites for hydroxylation is 1. The summed E-state index contributed by atoms with van der Waals surface area (Å²) < 4.78 is 10.4. The third-order valence-corrected chi connectivity index (χ3v) is 2.74. The molecular formula is C16H17NO3. The van der Waals surface area contributed by atoms with Crippen molar-refractivity contribution in [2.24, 2.45) is 0 Å². The molecule has 0 saturated heterocycles. The van der Waals surface area contributed by atoms with Crippen molar-refractivity contribution in [1.29, 1.82) is 0 Å². The van der Waals surface area contributed by atoms with Crippen LogP contribution in [0.2, 0.25) is 0 Å². The normalized spacial score (nSPS) is 10.9. The van der Waals surface area contributed by atoms with Gasteiger partial charge in [0.1, 0.15) is 5.76 Å². The second kappa shape index (κ2) is 6.70. The summed E-state index contributed by atoms with van der Waals surface area (Å²) in [6.07, 6.45) is 3.85. The molecule has 4 heteroatoms. The Labute approximate surface area is 118 Å². The molecule has 0 unspecified atom stereocenters. The van der Waals surface area contributed by atoms with Crippen LogP contribution in [0.3, 0.4) is 0 Å². The number of rotatable bonds is 5. The Morgan fingerprint density at radius 2 is 2.05 bits per heavy atom. The summed E-state index contributed by atoms with van der Waals surface area (Å²) in [6.45, 7) is 3.94. The van der Waals surface area contributed by atoms with Crippen LogP contribution in [0.25, 0.3) is 12.2 Å². The molecular weight excluding hydrogens is 254 g/mol. The van der Waals surface area contributed by atoms with Gasteiger partial charge in [-0.15, -0.1) is 0 Å². The van der Waals surface area contributed by atoms with E-state index in [1.807, 2.05) is 36.4 Å². The maximum absolute atomic E-state index is 11.4. The average molecular weight is 271 g/mol. The first kappa shape index (κ1) is 14.1. The highest BCUT2D eigenvalue weighted by molar-refractivity contribution is 5.72. The molecule has 1 heterocycles. The van der Waals surface area contributed by atoms with Crippen LogP contribution in [0.15, 0.2) is 34.7 Å². The molecule has 0 aliphatic carbocycles. The largest absolute Gasteiger partial charge is 0.466 e. The predicted octanol–water partition coefficient (Wildman–Crippen LogP) is 3.26. The molecule has 0 fully saturated rings. The minimum absolute atomic E-state index is 0.141. The lowest BCUT2D eigenvalue weighted by atomic mass is 10.2. The maximum Gasteiger partial charge on any atom is 0.311 e. The zero-order valence-electron chi connectivity index (χ0n) is 11.6. The van der Waals surface area contributed by atoms with E-state index in [4.69, 9.17) is 9.15 Å². The Hall–Kier alpha value is -2.36. The van der Waals surface area contributed by atoms with Crippen LogP contribution >= 0.6 is 0 Å². The Balaban J connectivity index is 2.07. The molecule has 1 aromatic carbocycles. The van der Waals surface area contributed by atoms with Crippen LogP contribution in [0.4, 0.5) is 0 Å². The monoisotopic (exact) mass is 271 g/mol. The van der Waals surface area contributed by atoms with E-state index in [9.17, 15) is 4.79 Å². The van der Waals surface area contributed by atoms with Crippen molar-refractivity contribution < 1.29 is 13.9 Å². The highest BCUT2D eigenvalue weighted by atomic mass is 16.5. The second-order valence-electron chi connectivity index (χ2n) is 4.28. The Morgan fingerprint density at radius 3 is 2.75 bits per heavy atom. The third-order valence-electron chi connectivity index (χ3n) is 2.74. The van der Waals surface area contributed by atoms with Crippen LogP contribution in [-0.2, 0) is 16.0 Å². The van der Waals surface area contributed by atoms with Gasteiger partial charge >= 0.3 is 5.97 Å². The number of carbonyl (C=O) groups is 1. The highest BCUT2D eigenvalue weighted by Crippen LogP contribution is 2.14. The van der Waals surface area contributed by atoms with Gasteiger partial charge in [-0.3, -0.25) is 4.79 Å². The van der Waals surface area contributed by atoms with Crippen LogP contribution in [-0.4, -0.2) is 17.6 Å². The summed E-state index contributed by atoms with van der Waals surface area (Å²) in [5, 5.41) is 0. The Morgan fingerprint density at radius 1 is 1.30 bits per heavy atom. The SMILES string of the molecule is CCOC(=O)Cc1nc(/C=C/c2ccccc2)oc1C. The molecule has 0 aliphatic heterocycles. The van der Waals surface area contributed by atoms with Gasteiger partial charge in [-0.1, -0.05) is 30.3 Å². The number of hydrogen-bond acceptors (Lipinski definition) is 4. The van der Waals surface area contributed by atoms with Gasteiger partial charge in [-0.2, -0.15) is 0 Å². The van der Waals surface area contributed by atoms with E-state index in [0.717, 1.165) is 5.56 Å². The number of nitrogens with zero attached hydrogens (tertiary/aromatic N) is 1. The molecule has 0 N–H and O–H groups in total. The smallest absolute Gasteiger partial charge is 0.311 e. The van der Waals surface area contributed by atoms with Gasteiger partial charge in [-0.25, -0.2) is 4.98 Å². The van der Waals surface area contributed by atoms with Gasteiger partial charge in [0.25, 0.3) is 0 Å². The van der Waals surface area contributed by atoms with Crippen LogP contribution in [0, 0.1) is 6.92 Å². The summed E-state index contributed by atoms with van der Waals surface area (Å²) in [5.74, 6) is 0.846. The fraction of sp³-hybridized carbons (Fsp3) is 0.250. The summed E-state index contributed by atoms with van der Waals surface area (Å²) >= 11 is 0. The number of aromatic nitrogens is 1. The molecule has 104 valence electrons. The van der Waals surface area contributed by atoms with E-state index < -0.39 is 0 Å². The maximum atomic E-state index is 11.4. The molecule has 0 radical (unpaired) electrons. The molecule has 0 spiro atoms. The lowest BCUT2D eigenvalue weighted by Crippen LogP contribution is -2.08. The van der Waals surface area contributed by atoms with Gasteiger partial charge in [0, 0.05) is 6.08 Å². The quantitative estimate of drug-likeness (QED) is 0.783. The zero-order valence-corrected chi connectivity index (χ0v) is 11.6. The first-order valence-corrected chi connectivity index (χ1v) is 6.54. The summed E-state index contributed by atoms with van der Waals surface area (Å²) in [6, 6.07) is 9.88. The highest BCUT2D eigenvalue weighted by Gasteiger charge is 2.12. The molecule has 0 amide bonds. The van der Waals surface area contributed by atoms with E-state index in [2.05, 4.69) is 4.98 Å². The third kappa shape index (κ3) is 3.82. The molecule has 0 saturated carbocycles. The second-order valence-corrected chi connectivity index (χ2v) is 4.28. The van der Waals surface area contributed by atoms with E-state index in [1.165, 1.54) is 0 Å². The number of oxazole rings is 1. The number of carbonyl (C=O) groups excluding carboxylic acids is 1. The molecule has 20 heavy (non-hydrogen) atoms. The zero-order chi connectivity index (χ0) is 14.4. The topological polar surface area (TPSA) is 52.3 Å². The number of hydrogen-bond donors (Lipinski definition) is 0. The molecule has 1 aromatic heterocycles. The summed E-state index contributed by atoms with van der Waals surface area (Å²) in [7, 11) is 0. The summed E-state index contributed by atoms with van der Waals surface area (Å²) in [5.41, 5.74) is 1.69. The lowest BCUT2D eigenvalue weighted by molar-refractivity contribution is -0.142. The van der Waals surface area contributed by atoms with Crippen molar-refractivity contribution in [2.45, 2.75) is 20.3 Å². The van der Waals surface area contributed by atoms with Gasteiger partial charge in [-0.05, 0) is 25.5 Å². The average Bonchev–Trinajstić information content (AvgIpc) is 2.78. The van der Waals surface area contributed by atoms with Gasteiger partial charge < -0.3 is 9.15 Å². The molecule has 4 nitrogen and oxygen atoms in total. The van der Waals surface area contributed by atoms with Crippen molar-refractivity contribution in [1.82, 2.24) is 4.98 Å². The standard InChI is InChI=1S/C16H17NO3/c1-3-19-16(18)11-14-12(2)20-15(17-14)10-9-13-7-5-4-6-8-13/h4-10H,3,11H2,1-2H3/b10-9+. The molecule has 2 rings (SSSR count). The number of ether oxygens (including phenoxy) is 1. The molecule has 0 aliphatic rings. The van der Waals surface area contributed by atoms with Crippen molar-refractivity contribution in [3.05, 3.63) is 53.2 Å². The minimum Gasteiger partial charge on any atom is -0.466 e. The van der Waals surface area contributed by atoms with Crippen LogP contribution < -0.4 is 0 Å². The predicted molar refractivity (Wildman–Crippen MR) is 76.9 cm³/mol. The first-order valence-electron chi connectivity index (χ1n) is 6.54. The molecule has 2 aromatic rings. The van der Waals surface area contributed by atoms with Gasteiger partial charge in [0.2, 0.25) is 5.89 Å². The van der Waals surface area contributed by atoms with Crippen LogP contribution in [0.1, 0.15) is 29.8 Å².